The van der Waals surface area contributed by atoms with Gasteiger partial charge in [-0.1, -0.05) is 18.2 Å². The van der Waals surface area contributed by atoms with Gasteiger partial charge in [0.1, 0.15) is 0 Å². The average Bonchev–Trinajstić information content (AvgIpc) is 3.11. The minimum absolute atomic E-state index is 0.484. The first-order valence-corrected chi connectivity index (χ1v) is 9.68. The fraction of sp³-hybridized carbons (Fsp3) is 0.550. The number of hydrogen-bond donors (Lipinski definition) is 1. The Morgan fingerprint density at radius 2 is 1.65 bits per heavy atom. The molecule has 4 rings (SSSR count). The first kappa shape index (κ1) is 17.5. The predicted molar refractivity (Wildman–Crippen MR) is 103 cm³/mol. The standard InChI is InChI=1S/C20H29N5O/c1-17(26)20-15-19-16-23(11-14-25(19)21-20)8-7-22-9-12-24(13-10-22)18-5-3-2-4-6-18/h2-6,15,17,26H,7-14,16H2,1H3. The van der Waals surface area contributed by atoms with E-state index in [-0.39, 0.29) is 0 Å². The van der Waals surface area contributed by atoms with Crippen LogP contribution in [0.2, 0.25) is 0 Å². The highest BCUT2D eigenvalue weighted by Gasteiger charge is 2.21. The minimum atomic E-state index is -0.484. The number of aliphatic hydroxyl groups is 1. The summed E-state index contributed by atoms with van der Waals surface area (Å²) in [6.07, 6.45) is -0.484. The fourth-order valence-electron chi connectivity index (χ4n) is 3.89. The van der Waals surface area contributed by atoms with Crippen LogP contribution >= 0.6 is 0 Å². The molecule has 1 atom stereocenters. The summed E-state index contributed by atoms with van der Waals surface area (Å²) < 4.78 is 2.05. The van der Waals surface area contributed by atoms with Gasteiger partial charge in [0.15, 0.2) is 0 Å². The van der Waals surface area contributed by atoms with E-state index in [1.165, 1.54) is 11.4 Å². The summed E-state index contributed by atoms with van der Waals surface area (Å²) in [5.74, 6) is 0. The highest BCUT2D eigenvalue weighted by Crippen LogP contribution is 2.18. The van der Waals surface area contributed by atoms with Gasteiger partial charge in [-0.25, -0.2) is 0 Å². The molecule has 140 valence electrons. The second-order valence-electron chi connectivity index (χ2n) is 7.40. The van der Waals surface area contributed by atoms with E-state index in [4.69, 9.17) is 0 Å². The zero-order chi connectivity index (χ0) is 17.9. The van der Waals surface area contributed by atoms with Crippen LogP contribution in [0, 0.1) is 0 Å². The van der Waals surface area contributed by atoms with Crippen LogP contribution in [0.1, 0.15) is 24.4 Å². The van der Waals surface area contributed by atoms with Crippen LogP contribution in [0.15, 0.2) is 36.4 Å². The molecule has 1 aromatic heterocycles. The number of hydrogen-bond acceptors (Lipinski definition) is 5. The molecule has 6 heteroatoms. The summed E-state index contributed by atoms with van der Waals surface area (Å²) in [7, 11) is 0. The maximum absolute atomic E-state index is 9.72. The van der Waals surface area contributed by atoms with Crippen molar-refractivity contribution in [2.45, 2.75) is 26.1 Å². The number of aliphatic hydroxyl groups excluding tert-OH is 1. The van der Waals surface area contributed by atoms with Crippen molar-refractivity contribution in [2.75, 3.05) is 50.7 Å². The van der Waals surface area contributed by atoms with Crippen LogP contribution in [-0.4, -0.2) is 70.5 Å². The van der Waals surface area contributed by atoms with Gasteiger partial charge in [-0.2, -0.15) is 5.10 Å². The molecule has 1 N–H and O–H groups in total. The van der Waals surface area contributed by atoms with Gasteiger partial charge in [-0.05, 0) is 25.1 Å². The molecule has 0 spiro atoms. The van der Waals surface area contributed by atoms with E-state index >= 15 is 0 Å². The van der Waals surface area contributed by atoms with Gasteiger partial charge in [0, 0.05) is 58.0 Å². The molecule has 1 unspecified atom stereocenters. The van der Waals surface area contributed by atoms with E-state index in [1.54, 1.807) is 6.92 Å². The lowest BCUT2D eigenvalue weighted by atomic mass is 10.2. The maximum atomic E-state index is 9.72. The Morgan fingerprint density at radius 1 is 0.962 bits per heavy atom. The number of fused-ring (bicyclic) bond motifs is 1. The highest BCUT2D eigenvalue weighted by molar-refractivity contribution is 5.46. The lowest BCUT2D eigenvalue weighted by molar-refractivity contribution is 0.166. The Morgan fingerprint density at radius 3 is 2.38 bits per heavy atom. The number of anilines is 1. The molecule has 6 nitrogen and oxygen atoms in total. The van der Waals surface area contributed by atoms with E-state index < -0.39 is 6.10 Å². The van der Waals surface area contributed by atoms with Gasteiger partial charge in [-0.3, -0.25) is 14.5 Å². The van der Waals surface area contributed by atoms with E-state index in [2.05, 4.69) is 60.9 Å². The van der Waals surface area contributed by atoms with Gasteiger partial charge < -0.3 is 10.0 Å². The second kappa shape index (κ2) is 7.78. The molecule has 1 fully saturated rings. The molecule has 3 heterocycles. The van der Waals surface area contributed by atoms with Gasteiger partial charge >= 0.3 is 0 Å². The summed E-state index contributed by atoms with van der Waals surface area (Å²) in [5.41, 5.74) is 3.35. The normalized spacial score (nSPS) is 20.2. The first-order valence-electron chi connectivity index (χ1n) is 9.68. The summed E-state index contributed by atoms with van der Waals surface area (Å²) in [6, 6.07) is 12.8. The van der Waals surface area contributed by atoms with Crippen molar-refractivity contribution in [1.29, 1.82) is 0 Å². The fourth-order valence-corrected chi connectivity index (χ4v) is 3.89. The smallest absolute Gasteiger partial charge is 0.0950 e. The Bertz CT molecular complexity index is 706. The molecule has 0 amide bonds. The van der Waals surface area contributed by atoms with Crippen LogP contribution in [0.25, 0.3) is 0 Å². The van der Waals surface area contributed by atoms with E-state index in [0.29, 0.717) is 0 Å². The van der Waals surface area contributed by atoms with E-state index in [9.17, 15) is 5.11 Å². The van der Waals surface area contributed by atoms with Crippen LogP contribution in [-0.2, 0) is 13.1 Å². The molecule has 26 heavy (non-hydrogen) atoms. The maximum Gasteiger partial charge on any atom is 0.0950 e. The Kier molecular flexibility index (Phi) is 5.24. The Hall–Kier alpha value is -1.89. The van der Waals surface area contributed by atoms with Crippen molar-refractivity contribution < 1.29 is 5.11 Å². The quantitative estimate of drug-likeness (QED) is 0.882. The molecule has 0 saturated carbocycles. The summed E-state index contributed by atoms with van der Waals surface area (Å²) >= 11 is 0. The predicted octanol–water partition coefficient (Wildman–Crippen LogP) is 1.57. The molecule has 0 radical (unpaired) electrons. The molecule has 0 aliphatic carbocycles. The third-order valence-corrected chi connectivity index (χ3v) is 5.55. The molecule has 2 aliphatic rings. The number of rotatable bonds is 5. The van der Waals surface area contributed by atoms with Crippen LogP contribution in [0.3, 0.4) is 0 Å². The van der Waals surface area contributed by atoms with Crippen molar-refractivity contribution >= 4 is 5.69 Å². The van der Waals surface area contributed by atoms with Crippen LogP contribution in [0.5, 0.6) is 0 Å². The largest absolute Gasteiger partial charge is 0.387 e. The van der Waals surface area contributed by atoms with Crippen LogP contribution in [0.4, 0.5) is 5.69 Å². The molecular weight excluding hydrogens is 326 g/mol. The third kappa shape index (κ3) is 3.92. The molecule has 1 saturated heterocycles. The average molecular weight is 355 g/mol. The monoisotopic (exact) mass is 355 g/mol. The second-order valence-corrected chi connectivity index (χ2v) is 7.40. The number of nitrogens with zero attached hydrogens (tertiary/aromatic N) is 5. The van der Waals surface area contributed by atoms with Gasteiger partial charge in [0.25, 0.3) is 0 Å². The van der Waals surface area contributed by atoms with E-state index in [0.717, 1.165) is 64.6 Å². The SMILES string of the molecule is CC(O)c1cc2n(n1)CCN(CCN1CCN(c3ccccc3)CC1)C2. The molecule has 2 aliphatic heterocycles. The number of benzene rings is 1. The zero-order valence-electron chi connectivity index (χ0n) is 15.6. The van der Waals surface area contributed by atoms with Crippen molar-refractivity contribution in [1.82, 2.24) is 19.6 Å². The van der Waals surface area contributed by atoms with Crippen LogP contribution < -0.4 is 4.90 Å². The zero-order valence-corrected chi connectivity index (χ0v) is 15.6. The molecular formula is C20H29N5O. The Balaban J connectivity index is 1.24. The lowest BCUT2D eigenvalue weighted by Gasteiger charge is -2.37. The van der Waals surface area contributed by atoms with Gasteiger partial charge in [0.2, 0.25) is 0 Å². The van der Waals surface area contributed by atoms with Crippen molar-refractivity contribution in [3.05, 3.63) is 47.8 Å². The number of aromatic nitrogens is 2. The third-order valence-electron chi connectivity index (χ3n) is 5.55. The summed E-state index contributed by atoms with van der Waals surface area (Å²) in [6.45, 7) is 11.4. The minimum Gasteiger partial charge on any atom is -0.387 e. The van der Waals surface area contributed by atoms with Crippen molar-refractivity contribution in [3.8, 4) is 0 Å². The van der Waals surface area contributed by atoms with E-state index in [1.807, 2.05) is 0 Å². The molecule has 2 aromatic rings. The van der Waals surface area contributed by atoms with Gasteiger partial charge in [-0.15, -0.1) is 0 Å². The topological polar surface area (TPSA) is 47.8 Å². The Labute approximate surface area is 155 Å². The lowest BCUT2D eigenvalue weighted by Crippen LogP contribution is -2.49. The van der Waals surface area contributed by atoms with Gasteiger partial charge in [0.05, 0.1) is 24.0 Å². The number of piperazine rings is 1. The highest BCUT2D eigenvalue weighted by atomic mass is 16.3. The molecule has 0 bridgehead atoms. The number of para-hydroxylation sites is 1. The molecule has 1 aromatic carbocycles. The van der Waals surface area contributed by atoms with Crippen molar-refractivity contribution in [3.63, 3.8) is 0 Å². The summed E-state index contributed by atoms with van der Waals surface area (Å²) in [5, 5.41) is 14.2. The van der Waals surface area contributed by atoms with Crippen molar-refractivity contribution in [2.24, 2.45) is 0 Å². The summed E-state index contributed by atoms with van der Waals surface area (Å²) in [4.78, 5) is 7.56. The first-order chi connectivity index (χ1) is 12.7.